The first-order chi connectivity index (χ1) is 10.2. The second kappa shape index (κ2) is 5.80. The van der Waals surface area contributed by atoms with E-state index in [0.29, 0.717) is 12.4 Å². The van der Waals surface area contributed by atoms with Gasteiger partial charge in [0.2, 0.25) is 0 Å². The number of carboxylic acid groups (broad SMARTS) is 1. The highest BCUT2D eigenvalue weighted by molar-refractivity contribution is 7.12. The Bertz CT molecular complexity index is 733. The highest BCUT2D eigenvalue weighted by Crippen LogP contribution is 2.22. The molecule has 0 radical (unpaired) electrons. The summed E-state index contributed by atoms with van der Waals surface area (Å²) in [4.78, 5) is 15.1. The lowest BCUT2D eigenvalue weighted by molar-refractivity contribution is 0.0702. The normalized spacial score (nSPS) is 10.5. The van der Waals surface area contributed by atoms with Gasteiger partial charge in [-0.1, -0.05) is 12.1 Å². The third-order valence-corrected chi connectivity index (χ3v) is 3.83. The molecule has 0 fully saturated rings. The van der Waals surface area contributed by atoms with Crippen molar-refractivity contribution in [2.45, 2.75) is 6.61 Å². The Kier molecular flexibility index (Phi) is 3.70. The van der Waals surface area contributed by atoms with E-state index in [1.54, 1.807) is 17.9 Å². The molecule has 0 bridgehead atoms. The number of carboxylic acids is 1. The highest BCUT2D eigenvalue weighted by atomic mass is 32.1. The Morgan fingerprint density at radius 1 is 1.33 bits per heavy atom. The van der Waals surface area contributed by atoms with Crippen molar-refractivity contribution in [3.8, 4) is 11.4 Å². The van der Waals surface area contributed by atoms with Crippen molar-refractivity contribution in [3.63, 3.8) is 0 Å². The molecule has 3 aromatic rings. The molecular weight excluding hydrogens is 288 g/mol. The van der Waals surface area contributed by atoms with Crippen molar-refractivity contribution in [1.29, 1.82) is 0 Å². The molecule has 0 aliphatic carbocycles. The molecule has 6 heteroatoms. The molecular formula is C15H12N2O3S. The molecule has 3 rings (SSSR count). The maximum atomic E-state index is 10.8. The predicted molar refractivity (Wildman–Crippen MR) is 79.2 cm³/mol. The fraction of sp³-hybridized carbons (Fsp3) is 0.0667. The van der Waals surface area contributed by atoms with Gasteiger partial charge in [0, 0.05) is 29.5 Å². The summed E-state index contributed by atoms with van der Waals surface area (Å²) in [5.74, 6) is -0.351. The third kappa shape index (κ3) is 3.11. The Morgan fingerprint density at radius 2 is 2.14 bits per heavy atom. The number of aromatic carboxylic acids is 1. The minimum atomic E-state index is -0.931. The van der Waals surface area contributed by atoms with Gasteiger partial charge in [-0.15, -0.1) is 11.3 Å². The predicted octanol–water partition coefficient (Wildman–Crippen LogP) is 3.21. The molecule has 0 amide bonds. The molecule has 0 saturated carbocycles. The van der Waals surface area contributed by atoms with Crippen LogP contribution in [0, 0.1) is 0 Å². The zero-order valence-electron chi connectivity index (χ0n) is 11.0. The number of hydrogen-bond acceptors (Lipinski definition) is 4. The average Bonchev–Trinajstić information content (AvgIpc) is 3.17. The maximum absolute atomic E-state index is 10.8. The molecule has 106 valence electrons. The third-order valence-electron chi connectivity index (χ3n) is 2.93. The number of ether oxygens (including phenoxy) is 1. The van der Waals surface area contributed by atoms with Crippen LogP contribution in [0.4, 0.5) is 0 Å². The number of nitrogens with zero attached hydrogens (tertiary/aromatic N) is 2. The van der Waals surface area contributed by atoms with Crippen LogP contribution >= 0.6 is 11.3 Å². The van der Waals surface area contributed by atoms with Crippen molar-refractivity contribution in [1.82, 2.24) is 9.55 Å². The van der Waals surface area contributed by atoms with E-state index in [4.69, 9.17) is 9.84 Å². The lowest BCUT2D eigenvalue weighted by Gasteiger charge is -2.06. The summed E-state index contributed by atoms with van der Waals surface area (Å²) in [5, 5.41) is 10.5. The number of aromatic nitrogens is 2. The van der Waals surface area contributed by atoms with Crippen LogP contribution in [-0.2, 0) is 6.61 Å². The van der Waals surface area contributed by atoms with Crippen LogP contribution in [0.25, 0.3) is 5.69 Å². The fourth-order valence-corrected chi connectivity index (χ4v) is 2.51. The summed E-state index contributed by atoms with van der Waals surface area (Å²) in [6.07, 6.45) is 5.35. The van der Waals surface area contributed by atoms with Crippen molar-refractivity contribution in [2.24, 2.45) is 0 Å². The first-order valence-electron chi connectivity index (χ1n) is 6.24. The first kappa shape index (κ1) is 13.4. The summed E-state index contributed by atoms with van der Waals surface area (Å²) in [7, 11) is 0. The molecule has 2 aromatic heterocycles. The fourth-order valence-electron chi connectivity index (χ4n) is 1.85. The molecule has 5 nitrogen and oxygen atoms in total. The van der Waals surface area contributed by atoms with E-state index in [9.17, 15) is 4.79 Å². The molecule has 0 unspecified atom stereocenters. The van der Waals surface area contributed by atoms with Gasteiger partial charge in [0.15, 0.2) is 0 Å². The Hall–Kier alpha value is -2.60. The summed E-state index contributed by atoms with van der Waals surface area (Å²) < 4.78 is 7.50. The monoisotopic (exact) mass is 300 g/mol. The van der Waals surface area contributed by atoms with Gasteiger partial charge >= 0.3 is 5.97 Å². The smallest absolute Gasteiger partial charge is 0.346 e. The van der Waals surface area contributed by atoms with Gasteiger partial charge in [-0.05, 0) is 17.7 Å². The number of carbonyl (C=O) groups is 1. The lowest BCUT2D eigenvalue weighted by Crippen LogP contribution is -1.96. The van der Waals surface area contributed by atoms with Crippen LogP contribution in [0.3, 0.4) is 0 Å². The molecule has 0 saturated heterocycles. The van der Waals surface area contributed by atoms with Gasteiger partial charge in [0.25, 0.3) is 0 Å². The number of rotatable bonds is 5. The van der Waals surface area contributed by atoms with Gasteiger partial charge < -0.3 is 14.4 Å². The topological polar surface area (TPSA) is 64.3 Å². The van der Waals surface area contributed by atoms with Crippen LogP contribution < -0.4 is 4.74 Å². The van der Waals surface area contributed by atoms with Crippen LogP contribution in [0.5, 0.6) is 5.75 Å². The van der Waals surface area contributed by atoms with E-state index in [2.05, 4.69) is 4.98 Å². The van der Waals surface area contributed by atoms with E-state index in [-0.39, 0.29) is 4.88 Å². The maximum Gasteiger partial charge on any atom is 0.346 e. The van der Waals surface area contributed by atoms with E-state index in [1.165, 1.54) is 6.07 Å². The van der Waals surface area contributed by atoms with E-state index >= 15 is 0 Å². The van der Waals surface area contributed by atoms with Gasteiger partial charge in [0.1, 0.15) is 17.2 Å². The molecule has 0 spiro atoms. The zero-order valence-corrected chi connectivity index (χ0v) is 11.8. The standard InChI is InChI=1S/C15H12N2O3S/c18-15(19)14-7-13(9-21-14)20-8-11-1-3-12(4-2-11)17-6-5-16-10-17/h1-7,9-10H,8H2,(H,18,19). The second-order valence-electron chi connectivity index (χ2n) is 4.38. The summed E-state index contributed by atoms with van der Waals surface area (Å²) >= 11 is 1.16. The SMILES string of the molecule is O=C(O)c1cc(OCc2ccc(-n3ccnc3)cc2)cs1. The van der Waals surface area contributed by atoms with E-state index in [0.717, 1.165) is 22.6 Å². The molecule has 1 N–H and O–H groups in total. The van der Waals surface area contributed by atoms with Gasteiger partial charge in [-0.3, -0.25) is 0 Å². The van der Waals surface area contributed by atoms with Crippen molar-refractivity contribution in [2.75, 3.05) is 0 Å². The summed E-state index contributed by atoms with van der Waals surface area (Å²) in [6, 6.07) is 9.44. The molecule has 0 aliphatic rings. The zero-order chi connectivity index (χ0) is 14.7. The van der Waals surface area contributed by atoms with Crippen molar-refractivity contribution >= 4 is 17.3 Å². The summed E-state index contributed by atoms with van der Waals surface area (Å²) in [6.45, 7) is 0.403. The van der Waals surface area contributed by atoms with Crippen molar-refractivity contribution < 1.29 is 14.6 Å². The quantitative estimate of drug-likeness (QED) is 0.786. The number of hydrogen-bond donors (Lipinski definition) is 1. The van der Waals surface area contributed by atoms with Gasteiger partial charge in [-0.2, -0.15) is 0 Å². The number of thiophene rings is 1. The largest absolute Gasteiger partial charge is 0.488 e. The molecule has 1 aromatic carbocycles. The van der Waals surface area contributed by atoms with Crippen LogP contribution in [-0.4, -0.2) is 20.6 Å². The highest BCUT2D eigenvalue weighted by Gasteiger charge is 2.07. The van der Waals surface area contributed by atoms with E-state index < -0.39 is 5.97 Å². The molecule has 2 heterocycles. The number of benzene rings is 1. The van der Waals surface area contributed by atoms with Crippen LogP contribution in [0.15, 0.2) is 54.4 Å². The lowest BCUT2D eigenvalue weighted by atomic mass is 10.2. The Morgan fingerprint density at radius 3 is 2.76 bits per heavy atom. The number of imidazole rings is 1. The minimum absolute atomic E-state index is 0.278. The van der Waals surface area contributed by atoms with Crippen molar-refractivity contribution in [3.05, 3.63) is 64.9 Å². The molecule has 21 heavy (non-hydrogen) atoms. The summed E-state index contributed by atoms with van der Waals surface area (Å²) in [5.41, 5.74) is 2.04. The van der Waals surface area contributed by atoms with Gasteiger partial charge in [0.05, 0.1) is 6.33 Å². The van der Waals surface area contributed by atoms with E-state index in [1.807, 2.05) is 35.0 Å². The van der Waals surface area contributed by atoms with Gasteiger partial charge in [-0.25, -0.2) is 9.78 Å². The Labute approximate surface area is 125 Å². The second-order valence-corrected chi connectivity index (χ2v) is 5.29. The first-order valence-corrected chi connectivity index (χ1v) is 7.12. The molecule has 0 aliphatic heterocycles. The average molecular weight is 300 g/mol. The Balaban J connectivity index is 1.64. The minimum Gasteiger partial charge on any atom is -0.488 e. The van der Waals surface area contributed by atoms with Crippen LogP contribution in [0.1, 0.15) is 15.2 Å². The molecule has 0 atom stereocenters. The van der Waals surface area contributed by atoms with Crippen LogP contribution in [0.2, 0.25) is 0 Å².